The molecule has 0 aromatic heterocycles. The molecule has 1 aromatic rings. The lowest BCUT2D eigenvalue weighted by Gasteiger charge is -2.12. The first-order valence-electron chi connectivity index (χ1n) is 8.05. The molecule has 2 rings (SSSR count). The molecule has 1 aliphatic heterocycles. The standard InChI is InChI=1S/C17H24N2O3S/c1-2-23-10-8-16(20)18-12-13-5-3-6-14(11-13)19-17(21)15-7-4-9-22-15/h3,5-6,11,15H,2,4,7-10,12H2,1H3,(H,18,20)(H,19,21). The fourth-order valence-electron chi connectivity index (χ4n) is 2.36. The van der Waals surface area contributed by atoms with Crippen LogP contribution in [0.2, 0.25) is 0 Å². The van der Waals surface area contributed by atoms with Gasteiger partial charge in [0, 0.05) is 31.0 Å². The van der Waals surface area contributed by atoms with Gasteiger partial charge in [-0.15, -0.1) is 0 Å². The van der Waals surface area contributed by atoms with E-state index < -0.39 is 0 Å². The molecule has 1 saturated heterocycles. The van der Waals surface area contributed by atoms with Crippen molar-refractivity contribution in [3.8, 4) is 0 Å². The Bertz CT molecular complexity index is 530. The van der Waals surface area contributed by atoms with E-state index in [9.17, 15) is 9.59 Å². The maximum atomic E-state index is 12.0. The quantitative estimate of drug-likeness (QED) is 0.716. The predicted octanol–water partition coefficient (Wildman–Crippen LogP) is 2.56. The molecular formula is C17H24N2O3S. The number of ether oxygens (including phenoxy) is 1. The summed E-state index contributed by atoms with van der Waals surface area (Å²) in [6.45, 7) is 3.21. The van der Waals surface area contributed by atoms with Gasteiger partial charge in [-0.05, 0) is 36.3 Å². The molecule has 23 heavy (non-hydrogen) atoms. The zero-order valence-electron chi connectivity index (χ0n) is 13.5. The van der Waals surface area contributed by atoms with E-state index in [2.05, 4.69) is 17.6 Å². The van der Waals surface area contributed by atoms with Crippen molar-refractivity contribution in [3.05, 3.63) is 29.8 Å². The Hall–Kier alpha value is -1.53. The molecule has 0 saturated carbocycles. The molecule has 1 heterocycles. The highest BCUT2D eigenvalue weighted by molar-refractivity contribution is 7.99. The van der Waals surface area contributed by atoms with Crippen molar-refractivity contribution in [2.75, 3.05) is 23.4 Å². The van der Waals surface area contributed by atoms with Gasteiger partial charge in [0.15, 0.2) is 0 Å². The van der Waals surface area contributed by atoms with Gasteiger partial charge in [-0.25, -0.2) is 0 Å². The van der Waals surface area contributed by atoms with Crippen LogP contribution < -0.4 is 10.6 Å². The minimum absolute atomic E-state index is 0.0553. The average Bonchev–Trinajstić information content (AvgIpc) is 3.08. The first-order chi connectivity index (χ1) is 11.2. The van der Waals surface area contributed by atoms with Crippen LogP contribution in [-0.2, 0) is 20.9 Å². The van der Waals surface area contributed by atoms with Crippen molar-refractivity contribution in [1.29, 1.82) is 0 Å². The Kier molecular flexibility index (Phi) is 7.42. The number of anilines is 1. The van der Waals surface area contributed by atoms with Gasteiger partial charge in [-0.2, -0.15) is 11.8 Å². The highest BCUT2D eigenvalue weighted by atomic mass is 32.2. The third kappa shape index (κ3) is 6.23. The topological polar surface area (TPSA) is 67.4 Å². The van der Waals surface area contributed by atoms with Crippen molar-refractivity contribution >= 4 is 29.3 Å². The van der Waals surface area contributed by atoms with E-state index >= 15 is 0 Å². The van der Waals surface area contributed by atoms with Crippen LogP contribution in [0.4, 0.5) is 5.69 Å². The molecule has 6 heteroatoms. The van der Waals surface area contributed by atoms with E-state index in [1.807, 2.05) is 24.3 Å². The zero-order chi connectivity index (χ0) is 16.5. The molecule has 126 valence electrons. The van der Waals surface area contributed by atoms with Crippen LogP contribution in [0.3, 0.4) is 0 Å². The third-order valence-corrected chi connectivity index (χ3v) is 4.48. The van der Waals surface area contributed by atoms with Gasteiger partial charge >= 0.3 is 0 Å². The van der Waals surface area contributed by atoms with Crippen molar-refractivity contribution in [2.24, 2.45) is 0 Å². The van der Waals surface area contributed by atoms with Crippen molar-refractivity contribution < 1.29 is 14.3 Å². The van der Waals surface area contributed by atoms with E-state index in [0.29, 0.717) is 19.6 Å². The Morgan fingerprint density at radius 2 is 2.26 bits per heavy atom. The van der Waals surface area contributed by atoms with Gasteiger partial charge in [-0.3, -0.25) is 9.59 Å². The number of thioether (sulfide) groups is 1. The van der Waals surface area contributed by atoms with Gasteiger partial charge in [0.05, 0.1) is 0 Å². The summed E-state index contributed by atoms with van der Waals surface area (Å²) in [7, 11) is 0. The highest BCUT2D eigenvalue weighted by Crippen LogP contribution is 2.16. The Morgan fingerprint density at radius 3 is 3.00 bits per heavy atom. The summed E-state index contributed by atoms with van der Waals surface area (Å²) in [5.74, 6) is 1.83. The molecule has 1 atom stereocenters. The van der Waals surface area contributed by atoms with E-state index in [4.69, 9.17) is 4.74 Å². The maximum Gasteiger partial charge on any atom is 0.253 e. The maximum absolute atomic E-state index is 12.0. The summed E-state index contributed by atoms with van der Waals surface area (Å²) in [6.07, 6.45) is 1.90. The fraction of sp³-hybridized carbons (Fsp3) is 0.529. The molecule has 0 bridgehead atoms. The van der Waals surface area contributed by atoms with Crippen LogP contribution >= 0.6 is 11.8 Å². The first kappa shape index (κ1) is 17.8. The predicted molar refractivity (Wildman–Crippen MR) is 93.5 cm³/mol. The van der Waals surface area contributed by atoms with Crippen LogP contribution in [0.15, 0.2) is 24.3 Å². The summed E-state index contributed by atoms with van der Waals surface area (Å²) in [5.41, 5.74) is 1.70. The lowest BCUT2D eigenvalue weighted by Crippen LogP contribution is -2.27. The van der Waals surface area contributed by atoms with Crippen LogP contribution in [-0.4, -0.2) is 36.0 Å². The van der Waals surface area contributed by atoms with Gasteiger partial charge < -0.3 is 15.4 Å². The SMILES string of the molecule is CCSCCC(=O)NCc1cccc(NC(=O)C2CCCO2)c1. The van der Waals surface area contributed by atoms with Crippen molar-refractivity contribution in [1.82, 2.24) is 5.32 Å². The summed E-state index contributed by atoms with van der Waals surface area (Å²) < 4.78 is 5.37. The molecule has 2 amide bonds. The lowest BCUT2D eigenvalue weighted by molar-refractivity contribution is -0.124. The molecular weight excluding hydrogens is 312 g/mol. The molecule has 1 aromatic carbocycles. The largest absolute Gasteiger partial charge is 0.368 e. The monoisotopic (exact) mass is 336 g/mol. The Morgan fingerprint density at radius 1 is 1.39 bits per heavy atom. The summed E-state index contributed by atoms with van der Waals surface area (Å²) in [4.78, 5) is 23.7. The second kappa shape index (κ2) is 9.57. The number of rotatable bonds is 8. The molecule has 1 unspecified atom stereocenters. The Labute approximate surface area is 141 Å². The third-order valence-electron chi connectivity index (χ3n) is 3.58. The van der Waals surface area contributed by atoms with Crippen molar-refractivity contribution in [2.45, 2.75) is 38.8 Å². The number of carbonyl (C=O) groups excluding carboxylic acids is 2. The summed E-state index contributed by atoms with van der Waals surface area (Å²) in [6, 6.07) is 7.53. The van der Waals surface area contributed by atoms with Gasteiger partial charge in [0.1, 0.15) is 6.10 Å². The van der Waals surface area contributed by atoms with Crippen LogP contribution in [0.5, 0.6) is 0 Å². The fourth-order valence-corrected chi connectivity index (χ4v) is 2.98. The van der Waals surface area contributed by atoms with E-state index in [1.54, 1.807) is 11.8 Å². The molecule has 5 nitrogen and oxygen atoms in total. The van der Waals surface area contributed by atoms with Crippen LogP contribution in [0.1, 0.15) is 31.7 Å². The zero-order valence-corrected chi connectivity index (χ0v) is 14.3. The smallest absolute Gasteiger partial charge is 0.253 e. The van der Waals surface area contributed by atoms with Gasteiger partial charge in [0.25, 0.3) is 5.91 Å². The molecule has 1 fully saturated rings. The number of amides is 2. The van der Waals surface area contributed by atoms with Gasteiger partial charge in [0.2, 0.25) is 5.91 Å². The average molecular weight is 336 g/mol. The molecule has 2 N–H and O–H groups in total. The number of hydrogen-bond donors (Lipinski definition) is 2. The second-order valence-corrected chi connectivity index (χ2v) is 6.81. The Balaban J connectivity index is 1.79. The first-order valence-corrected chi connectivity index (χ1v) is 9.20. The highest BCUT2D eigenvalue weighted by Gasteiger charge is 2.23. The minimum atomic E-state index is -0.338. The van der Waals surface area contributed by atoms with Gasteiger partial charge in [-0.1, -0.05) is 19.1 Å². The minimum Gasteiger partial charge on any atom is -0.368 e. The van der Waals surface area contributed by atoms with E-state index in [1.165, 1.54) is 0 Å². The molecule has 1 aliphatic rings. The molecule has 0 aliphatic carbocycles. The second-order valence-electron chi connectivity index (χ2n) is 5.41. The van der Waals surface area contributed by atoms with Crippen molar-refractivity contribution in [3.63, 3.8) is 0 Å². The number of carbonyl (C=O) groups is 2. The van der Waals surface area contributed by atoms with E-state index in [0.717, 1.165) is 35.6 Å². The van der Waals surface area contributed by atoms with Crippen LogP contribution in [0.25, 0.3) is 0 Å². The molecule has 0 spiro atoms. The van der Waals surface area contributed by atoms with E-state index in [-0.39, 0.29) is 17.9 Å². The number of nitrogens with one attached hydrogen (secondary N) is 2. The summed E-state index contributed by atoms with van der Waals surface area (Å²) in [5, 5.41) is 5.78. The number of benzene rings is 1. The molecule has 0 radical (unpaired) electrons. The number of hydrogen-bond acceptors (Lipinski definition) is 4. The van der Waals surface area contributed by atoms with Crippen LogP contribution in [0, 0.1) is 0 Å². The lowest BCUT2D eigenvalue weighted by atomic mass is 10.2. The summed E-state index contributed by atoms with van der Waals surface area (Å²) >= 11 is 1.76. The normalized spacial score (nSPS) is 17.0.